The van der Waals surface area contributed by atoms with Crippen LogP contribution in [-0.2, 0) is 0 Å². The minimum atomic E-state index is -0.366. The molecule has 2 aromatic heterocycles. The maximum absolute atomic E-state index is 14.3. The van der Waals surface area contributed by atoms with Gasteiger partial charge in [0.25, 0.3) is 0 Å². The van der Waals surface area contributed by atoms with E-state index >= 15 is 0 Å². The fourth-order valence-corrected chi connectivity index (χ4v) is 3.73. The molecule has 1 aliphatic heterocycles. The number of nitriles is 1. The number of aromatic nitrogens is 2. The summed E-state index contributed by atoms with van der Waals surface area (Å²) in [5.74, 6) is 0.398. The number of nitrogens with zero attached hydrogens (tertiary/aromatic N) is 5. The molecule has 0 N–H and O–H groups in total. The number of halogens is 1. The van der Waals surface area contributed by atoms with Gasteiger partial charge in [-0.05, 0) is 30.3 Å². The predicted octanol–water partition coefficient (Wildman–Crippen LogP) is 3.71. The van der Waals surface area contributed by atoms with Gasteiger partial charge in [0.1, 0.15) is 23.2 Å². The zero-order chi connectivity index (χ0) is 19.1. The van der Waals surface area contributed by atoms with Crippen LogP contribution in [0.15, 0.2) is 53.2 Å². The van der Waals surface area contributed by atoms with Crippen molar-refractivity contribution in [3.05, 3.63) is 60.2 Å². The van der Waals surface area contributed by atoms with Crippen LogP contribution in [0.3, 0.4) is 0 Å². The third-order valence-electron chi connectivity index (χ3n) is 5.14. The van der Waals surface area contributed by atoms with Gasteiger partial charge in [-0.2, -0.15) is 5.26 Å². The molecule has 0 bridgehead atoms. The van der Waals surface area contributed by atoms with E-state index in [1.807, 2.05) is 35.2 Å². The highest BCUT2D eigenvalue weighted by molar-refractivity contribution is 6.05. The Morgan fingerprint density at radius 2 is 1.79 bits per heavy atom. The molecular formula is C21H16FN5O. The lowest BCUT2D eigenvalue weighted by Crippen LogP contribution is -2.47. The van der Waals surface area contributed by atoms with Crippen LogP contribution in [0.1, 0.15) is 5.56 Å². The van der Waals surface area contributed by atoms with E-state index in [1.54, 1.807) is 18.5 Å². The number of benzene rings is 2. The normalized spacial score (nSPS) is 14.6. The van der Waals surface area contributed by atoms with Gasteiger partial charge in [-0.3, -0.25) is 0 Å². The van der Waals surface area contributed by atoms with Crippen LogP contribution in [0, 0.1) is 17.1 Å². The number of hydrogen-bond acceptors (Lipinski definition) is 6. The summed E-state index contributed by atoms with van der Waals surface area (Å²) in [6.45, 7) is 2.66. The van der Waals surface area contributed by atoms with Crippen molar-refractivity contribution >= 4 is 33.6 Å². The number of fused-ring (bicyclic) bond motifs is 3. The molecule has 1 aliphatic rings. The van der Waals surface area contributed by atoms with Crippen LogP contribution in [0.2, 0.25) is 0 Å². The van der Waals surface area contributed by atoms with Crippen LogP contribution < -0.4 is 9.80 Å². The molecule has 0 saturated carbocycles. The number of hydrogen-bond donors (Lipinski definition) is 0. The van der Waals surface area contributed by atoms with E-state index in [-0.39, 0.29) is 5.82 Å². The van der Waals surface area contributed by atoms with Crippen molar-refractivity contribution < 1.29 is 8.81 Å². The van der Waals surface area contributed by atoms with Crippen molar-refractivity contribution in [2.24, 2.45) is 0 Å². The van der Waals surface area contributed by atoms with E-state index in [4.69, 9.17) is 9.68 Å². The summed E-state index contributed by atoms with van der Waals surface area (Å²) in [6, 6.07) is 14.4. The van der Waals surface area contributed by atoms with Crippen molar-refractivity contribution in [1.29, 1.82) is 5.26 Å². The Morgan fingerprint density at radius 3 is 2.57 bits per heavy atom. The zero-order valence-electron chi connectivity index (χ0n) is 15.0. The summed E-state index contributed by atoms with van der Waals surface area (Å²) < 4.78 is 20.3. The number of rotatable bonds is 2. The van der Waals surface area contributed by atoms with Gasteiger partial charge in [0.2, 0.25) is 0 Å². The van der Waals surface area contributed by atoms with Gasteiger partial charge in [0.05, 0.1) is 17.3 Å². The van der Waals surface area contributed by atoms with Gasteiger partial charge >= 0.3 is 0 Å². The average Bonchev–Trinajstić information content (AvgIpc) is 3.13. The molecule has 4 aromatic rings. The summed E-state index contributed by atoms with van der Waals surface area (Å²) >= 11 is 0. The molecule has 7 heteroatoms. The molecule has 0 spiro atoms. The second-order valence-electron chi connectivity index (χ2n) is 6.73. The molecule has 0 amide bonds. The maximum atomic E-state index is 14.3. The summed E-state index contributed by atoms with van der Waals surface area (Å²) in [6.07, 6.45) is 1.56. The van der Waals surface area contributed by atoms with Gasteiger partial charge < -0.3 is 14.2 Å². The predicted molar refractivity (Wildman–Crippen MR) is 105 cm³/mol. The third-order valence-corrected chi connectivity index (χ3v) is 5.14. The third kappa shape index (κ3) is 2.62. The highest BCUT2D eigenvalue weighted by Gasteiger charge is 2.24. The summed E-state index contributed by atoms with van der Waals surface area (Å²) in [7, 11) is 0. The van der Waals surface area contributed by atoms with E-state index in [1.165, 1.54) is 6.07 Å². The molecule has 0 radical (unpaired) electrons. The first-order chi connectivity index (χ1) is 13.7. The van der Waals surface area contributed by atoms with E-state index in [9.17, 15) is 4.39 Å². The van der Waals surface area contributed by atoms with E-state index in [0.29, 0.717) is 43.0 Å². The maximum Gasteiger partial charge on any atom is 0.196 e. The molecule has 0 unspecified atom stereocenters. The second kappa shape index (κ2) is 6.50. The molecule has 2 aromatic carbocycles. The lowest BCUT2D eigenvalue weighted by atomic mass is 10.2. The zero-order valence-corrected chi connectivity index (χ0v) is 15.0. The average molecular weight is 373 g/mol. The van der Waals surface area contributed by atoms with Crippen LogP contribution in [0.5, 0.6) is 0 Å². The fraction of sp³-hybridized carbons (Fsp3) is 0.190. The Kier molecular flexibility index (Phi) is 3.83. The first kappa shape index (κ1) is 16.5. The Morgan fingerprint density at radius 1 is 1.00 bits per heavy atom. The molecule has 3 heterocycles. The van der Waals surface area contributed by atoms with E-state index < -0.39 is 0 Å². The van der Waals surface area contributed by atoms with Gasteiger partial charge in [0, 0.05) is 31.6 Å². The molecular weight excluding hydrogens is 357 g/mol. The van der Waals surface area contributed by atoms with Crippen LogP contribution in [0.25, 0.3) is 22.1 Å². The van der Waals surface area contributed by atoms with Crippen molar-refractivity contribution in [3.8, 4) is 6.07 Å². The van der Waals surface area contributed by atoms with Gasteiger partial charge in [0.15, 0.2) is 11.4 Å². The lowest BCUT2D eigenvalue weighted by Gasteiger charge is -2.36. The van der Waals surface area contributed by atoms with Gasteiger partial charge in [-0.15, -0.1) is 0 Å². The molecule has 1 saturated heterocycles. The van der Waals surface area contributed by atoms with Gasteiger partial charge in [-0.25, -0.2) is 14.4 Å². The Balaban J connectivity index is 1.42. The molecule has 28 heavy (non-hydrogen) atoms. The monoisotopic (exact) mass is 373 g/mol. The highest BCUT2D eigenvalue weighted by Crippen LogP contribution is 2.33. The molecule has 1 fully saturated rings. The number of para-hydroxylation sites is 1. The summed E-state index contributed by atoms with van der Waals surface area (Å²) in [4.78, 5) is 13.0. The molecule has 0 atom stereocenters. The fourth-order valence-electron chi connectivity index (χ4n) is 3.73. The topological polar surface area (TPSA) is 69.2 Å². The first-order valence-corrected chi connectivity index (χ1v) is 9.06. The minimum absolute atomic E-state index is 0.327. The van der Waals surface area contributed by atoms with Crippen LogP contribution >= 0.6 is 0 Å². The van der Waals surface area contributed by atoms with Crippen molar-refractivity contribution in [2.75, 3.05) is 36.0 Å². The molecule has 5 rings (SSSR count). The van der Waals surface area contributed by atoms with Crippen LogP contribution in [-0.4, -0.2) is 36.1 Å². The Bertz CT molecular complexity index is 1220. The lowest BCUT2D eigenvalue weighted by molar-refractivity contribution is 0.593. The SMILES string of the molecule is N#Cc1ccc(N2CCN(c3ncnc4c3oc3ccccc34)CC2)c(F)c1. The highest BCUT2D eigenvalue weighted by atomic mass is 19.1. The second-order valence-corrected chi connectivity index (χ2v) is 6.73. The largest absolute Gasteiger partial charge is 0.450 e. The van der Waals surface area contributed by atoms with Crippen molar-refractivity contribution in [1.82, 2.24) is 9.97 Å². The number of furan rings is 1. The first-order valence-electron chi connectivity index (χ1n) is 9.06. The minimum Gasteiger partial charge on any atom is -0.450 e. The molecule has 0 aliphatic carbocycles. The van der Waals surface area contributed by atoms with Crippen molar-refractivity contribution in [2.45, 2.75) is 0 Å². The van der Waals surface area contributed by atoms with E-state index in [2.05, 4.69) is 14.9 Å². The Labute approximate surface area is 160 Å². The summed E-state index contributed by atoms with van der Waals surface area (Å²) in [5, 5.41) is 9.88. The number of piperazine rings is 1. The smallest absolute Gasteiger partial charge is 0.196 e. The number of anilines is 2. The molecule has 6 nitrogen and oxygen atoms in total. The van der Waals surface area contributed by atoms with E-state index in [0.717, 1.165) is 22.3 Å². The Hall–Kier alpha value is -3.66. The van der Waals surface area contributed by atoms with Crippen molar-refractivity contribution in [3.63, 3.8) is 0 Å². The van der Waals surface area contributed by atoms with Gasteiger partial charge in [-0.1, -0.05) is 12.1 Å². The summed E-state index contributed by atoms with van der Waals surface area (Å²) in [5.41, 5.74) is 3.13. The van der Waals surface area contributed by atoms with Crippen LogP contribution in [0.4, 0.5) is 15.9 Å². The quantitative estimate of drug-likeness (QED) is 0.533. The standard InChI is InChI=1S/C21H16FN5O/c22-16-11-14(12-23)5-6-17(16)26-7-9-27(10-8-26)21-20-19(24-13-25-21)15-3-1-2-4-18(15)28-20/h1-6,11,13H,7-10H2. The molecule has 138 valence electrons.